The van der Waals surface area contributed by atoms with Crippen LogP contribution in [0.5, 0.6) is 5.75 Å². The molecule has 1 amide bonds. The van der Waals surface area contributed by atoms with Crippen LogP contribution in [0, 0.1) is 6.92 Å². The molecule has 0 spiro atoms. The van der Waals surface area contributed by atoms with Gasteiger partial charge in [0.25, 0.3) is 11.5 Å². The average Bonchev–Trinajstić information content (AvgIpc) is 3.60. The van der Waals surface area contributed by atoms with Crippen molar-refractivity contribution in [1.82, 2.24) is 4.57 Å². The largest absolute Gasteiger partial charge is 0.497 e. The second-order valence-corrected chi connectivity index (χ2v) is 11.2. The molecule has 6 rings (SSSR count). The van der Waals surface area contributed by atoms with Gasteiger partial charge in [0.1, 0.15) is 17.3 Å². The normalized spacial score (nSPS) is 14.6. The molecule has 0 fully saturated rings. The minimum Gasteiger partial charge on any atom is -0.497 e. The number of hydrogen-bond acceptors (Lipinski definition) is 7. The maximum atomic E-state index is 14.0. The molecule has 9 nitrogen and oxygen atoms in total. The molecule has 5 aromatic rings. The van der Waals surface area contributed by atoms with Crippen molar-refractivity contribution in [2.75, 3.05) is 12.4 Å². The molecular weight excluding hydrogens is 578 g/mol. The van der Waals surface area contributed by atoms with Gasteiger partial charge in [-0.15, -0.1) is 0 Å². The summed E-state index contributed by atoms with van der Waals surface area (Å²) < 4.78 is 13.4. The van der Waals surface area contributed by atoms with E-state index in [-0.39, 0.29) is 17.0 Å². The van der Waals surface area contributed by atoms with E-state index in [9.17, 15) is 19.5 Å². The topological polar surface area (TPSA) is 123 Å². The van der Waals surface area contributed by atoms with Gasteiger partial charge in [0.2, 0.25) is 0 Å². The van der Waals surface area contributed by atoms with E-state index in [1.165, 1.54) is 15.9 Å². The van der Waals surface area contributed by atoms with Gasteiger partial charge in [-0.25, -0.2) is 9.79 Å². The Balaban J connectivity index is 1.45. The summed E-state index contributed by atoms with van der Waals surface area (Å²) in [5.74, 6) is 0.104. The van der Waals surface area contributed by atoms with E-state index in [0.717, 1.165) is 0 Å². The van der Waals surface area contributed by atoms with Crippen LogP contribution in [-0.4, -0.2) is 28.7 Å². The number of rotatable bonds is 7. The molecule has 220 valence electrons. The molecule has 0 saturated carbocycles. The third-order valence-corrected chi connectivity index (χ3v) is 8.42. The second-order valence-electron chi connectivity index (χ2n) is 10.2. The summed E-state index contributed by atoms with van der Waals surface area (Å²) in [4.78, 5) is 44.5. The minimum absolute atomic E-state index is 0.189. The molecule has 1 aliphatic rings. The fourth-order valence-electron chi connectivity index (χ4n) is 5.30. The van der Waals surface area contributed by atoms with E-state index in [1.54, 1.807) is 75.6 Å². The third kappa shape index (κ3) is 5.27. The SMILES string of the molecule is COc1cccc([C@H]2C(C(=O)Nc3ccccc3)=C(C)N=c3s/c(=C\c4ccc(-c5cccc(C(=O)O)c5C)o4)c(=O)n32)c1. The van der Waals surface area contributed by atoms with Crippen molar-refractivity contribution in [1.29, 1.82) is 0 Å². The van der Waals surface area contributed by atoms with E-state index in [1.807, 2.05) is 36.4 Å². The molecule has 0 unspecified atom stereocenters. The lowest BCUT2D eigenvalue weighted by Gasteiger charge is -2.25. The molecule has 2 N–H and O–H groups in total. The summed E-state index contributed by atoms with van der Waals surface area (Å²) >= 11 is 1.19. The number of carbonyl (C=O) groups excluding carboxylic acids is 1. The van der Waals surface area contributed by atoms with Crippen molar-refractivity contribution >= 4 is 35.0 Å². The number of carboxylic acid groups (broad SMARTS) is 1. The first-order valence-corrected chi connectivity index (χ1v) is 14.5. The fourth-order valence-corrected chi connectivity index (χ4v) is 6.32. The van der Waals surface area contributed by atoms with E-state index in [0.29, 0.717) is 60.3 Å². The van der Waals surface area contributed by atoms with Crippen LogP contribution in [-0.2, 0) is 4.79 Å². The number of methoxy groups -OCH3 is 1. The number of amides is 1. The highest BCUT2D eigenvalue weighted by Crippen LogP contribution is 2.33. The van der Waals surface area contributed by atoms with Crippen molar-refractivity contribution in [3.63, 3.8) is 0 Å². The first-order chi connectivity index (χ1) is 21.2. The highest BCUT2D eigenvalue weighted by Gasteiger charge is 2.33. The Bertz CT molecular complexity index is 2140. The van der Waals surface area contributed by atoms with Crippen LogP contribution >= 0.6 is 11.3 Å². The molecule has 2 aromatic heterocycles. The van der Waals surface area contributed by atoms with E-state index >= 15 is 0 Å². The Morgan fingerprint density at radius 1 is 1.02 bits per heavy atom. The van der Waals surface area contributed by atoms with Gasteiger partial charge in [-0.1, -0.05) is 53.8 Å². The number of carbonyl (C=O) groups is 2. The van der Waals surface area contributed by atoms with Gasteiger partial charge in [-0.3, -0.25) is 14.2 Å². The molecule has 0 aliphatic carbocycles. The number of allylic oxidation sites excluding steroid dienone is 1. The highest BCUT2D eigenvalue weighted by molar-refractivity contribution is 7.07. The van der Waals surface area contributed by atoms with Crippen molar-refractivity contribution in [2.45, 2.75) is 19.9 Å². The van der Waals surface area contributed by atoms with Crippen LogP contribution < -0.4 is 24.9 Å². The van der Waals surface area contributed by atoms with E-state index in [4.69, 9.17) is 9.15 Å². The predicted octanol–water partition coefficient (Wildman–Crippen LogP) is 5.15. The molecule has 0 bridgehead atoms. The molecule has 1 atom stereocenters. The maximum absolute atomic E-state index is 14.0. The lowest BCUT2D eigenvalue weighted by atomic mass is 9.95. The summed E-state index contributed by atoms with van der Waals surface area (Å²) in [6.07, 6.45) is 1.63. The zero-order valence-corrected chi connectivity index (χ0v) is 24.8. The highest BCUT2D eigenvalue weighted by atomic mass is 32.1. The first kappa shape index (κ1) is 28.6. The summed E-state index contributed by atoms with van der Waals surface area (Å²) in [6, 6.07) is 24.1. The third-order valence-electron chi connectivity index (χ3n) is 7.44. The first-order valence-electron chi connectivity index (χ1n) is 13.7. The summed E-state index contributed by atoms with van der Waals surface area (Å²) in [7, 11) is 1.56. The smallest absolute Gasteiger partial charge is 0.335 e. The molecule has 10 heteroatoms. The van der Waals surface area contributed by atoms with E-state index < -0.39 is 12.0 Å². The fraction of sp³-hybridized carbons (Fsp3) is 0.118. The maximum Gasteiger partial charge on any atom is 0.335 e. The molecule has 3 heterocycles. The molecule has 3 aromatic carbocycles. The Kier molecular flexibility index (Phi) is 7.59. The van der Waals surface area contributed by atoms with Crippen molar-refractivity contribution < 1.29 is 23.8 Å². The molecular formula is C34H27N3O6S. The van der Waals surface area contributed by atoms with Crippen LogP contribution in [0.4, 0.5) is 5.69 Å². The van der Waals surface area contributed by atoms with Crippen LogP contribution in [0.25, 0.3) is 17.4 Å². The van der Waals surface area contributed by atoms with E-state index in [2.05, 4.69) is 10.3 Å². The number of benzene rings is 3. The van der Waals surface area contributed by atoms with Crippen LogP contribution in [0.1, 0.15) is 40.2 Å². The average molecular weight is 606 g/mol. The second kappa shape index (κ2) is 11.7. The van der Waals surface area contributed by atoms with Gasteiger partial charge < -0.3 is 19.6 Å². The number of carboxylic acids is 1. The summed E-state index contributed by atoms with van der Waals surface area (Å²) in [6.45, 7) is 3.49. The number of ether oxygens (including phenoxy) is 1. The Hall–Kier alpha value is -5.48. The number of thiazole rings is 1. The zero-order valence-electron chi connectivity index (χ0n) is 24.0. The lowest BCUT2D eigenvalue weighted by Crippen LogP contribution is -2.40. The van der Waals surface area contributed by atoms with Gasteiger partial charge in [0, 0.05) is 17.3 Å². The number of para-hydroxylation sites is 1. The number of aromatic nitrogens is 1. The standard InChI is InChI=1S/C34H27N3O6S/c1-19-25(13-8-14-26(19)33(40)41)27-16-15-24(43-27)18-28-32(39)37-30(21-9-7-12-23(17-21)42-3)29(20(2)35-34(37)44-28)31(38)36-22-10-5-4-6-11-22/h4-18,30H,1-3H3,(H,36,38)(H,40,41)/b28-18-/t30-/m0/s1. The number of nitrogens with one attached hydrogen (secondary N) is 1. The molecule has 44 heavy (non-hydrogen) atoms. The van der Waals surface area contributed by atoms with Crippen LogP contribution in [0.2, 0.25) is 0 Å². The molecule has 0 radical (unpaired) electrons. The Labute approximate surface area is 255 Å². The number of anilines is 1. The lowest BCUT2D eigenvalue weighted by molar-refractivity contribution is -0.113. The predicted molar refractivity (Wildman–Crippen MR) is 168 cm³/mol. The Morgan fingerprint density at radius 2 is 1.80 bits per heavy atom. The van der Waals surface area contributed by atoms with Gasteiger partial charge in [0.15, 0.2) is 4.80 Å². The summed E-state index contributed by atoms with van der Waals surface area (Å²) in [5.41, 5.74) is 3.23. The monoisotopic (exact) mass is 605 g/mol. The summed E-state index contributed by atoms with van der Waals surface area (Å²) in [5, 5.41) is 12.5. The number of aromatic carboxylic acids is 1. The number of hydrogen-bond donors (Lipinski definition) is 2. The number of furan rings is 1. The number of fused-ring (bicyclic) bond motifs is 1. The molecule has 1 aliphatic heterocycles. The minimum atomic E-state index is -1.02. The number of nitrogens with zero attached hydrogens (tertiary/aromatic N) is 2. The van der Waals surface area contributed by atoms with Crippen LogP contribution in [0.3, 0.4) is 0 Å². The zero-order chi connectivity index (χ0) is 31.0. The van der Waals surface area contributed by atoms with Gasteiger partial charge in [-0.2, -0.15) is 0 Å². The van der Waals surface area contributed by atoms with Crippen molar-refractivity contribution in [3.8, 4) is 17.1 Å². The quantitative estimate of drug-likeness (QED) is 0.265. The molecule has 0 saturated heterocycles. The van der Waals surface area contributed by atoms with Crippen molar-refractivity contribution in [2.24, 2.45) is 4.99 Å². The van der Waals surface area contributed by atoms with Gasteiger partial charge in [0.05, 0.1) is 34.5 Å². The van der Waals surface area contributed by atoms with Gasteiger partial charge >= 0.3 is 5.97 Å². The van der Waals surface area contributed by atoms with Crippen molar-refractivity contribution in [3.05, 3.63) is 138 Å². The van der Waals surface area contributed by atoms with Crippen LogP contribution in [0.15, 0.2) is 110 Å². The van der Waals surface area contributed by atoms with Gasteiger partial charge in [-0.05, 0) is 67.4 Å². The Morgan fingerprint density at radius 3 is 2.55 bits per heavy atom.